The standard InChI is InChI=1S/C27H24F3N3O2/c1-35-22-7-2-16(3-8-22)15-31-27(34)33-20-5-6-21(33)11-18(10-20)17-4-9-23(24(28)12-17)19-13-25(29)32-26(30)14-19/h2-4,7-10,12-14,20-21H,5-6,11,15H2,1H3,(H,31,34). The summed E-state index contributed by atoms with van der Waals surface area (Å²) in [5.41, 5.74) is 2.85. The number of amides is 2. The van der Waals surface area contributed by atoms with Crippen molar-refractivity contribution in [3.05, 3.63) is 89.5 Å². The molecule has 1 saturated heterocycles. The molecule has 1 fully saturated rings. The van der Waals surface area contributed by atoms with Crippen LogP contribution in [0.25, 0.3) is 16.7 Å². The minimum Gasteiger partial charge on any atom is -0.497 e. The fraction of sp³-hybridized carbons (Fsp3) is 0.259. The number of hydrogen-bond acceptors (Lipinski definition) is 3. The van der Waals surface area contributed by atoms with Crippen LogP contribution < -0.4 is 10.1 Å². The first-order valence-electron chi connectivity index (χ1n) is 11.4. The number of fused-ring (bicyclic) bond motifs is 2. The molecular weight excluding hydrogens is 455 g/mol. The van der Waals surface area contributed by atoms with Gasteiger partial charge in [0.05, 0.1) is 13.2 Å². The second-order valence-electron chi connectivity index (χ2n) is 8.80. The zero-order valence-corrected chi connectivity index (χ0v) is 19.1. The number of methoxy groups -OCH3 is 1. The molecule has 8 heteroatoms. The number of urea groups is 1. The van der Waals surface area contributed by atoms with E-state index in [9.17, 15) is 18.0 Å². The summed E-state index contributed by atoms with van der Waals surface area (Å²) in [6.07, 6.45) is 4.36. The van der Waals surface area contributed by atoms with Crippen LogP contribution in [0, 0.1) is 17.7 Å². The molecule has 5 nitrogen and oxygen atoms in total. The van der Waals surface area contributed by atoms with Crippen molar-refractivity contribution in [2.75, 3.05) is 7.11 Å². The minimum absolute atomic E-state index is 0.0296. The Balaban J connectivity index is 1.30. The summed E-state index contributed by atoms with van der Waals surface area (Å²) in [5, 5.41) is 3.00. The summed E-state index contributed by atoms with van der Waals surface area (Å²) in [7, 11) is 1.61. The lowest BCUT2D eigenvalue weighted by Crippen LogP contribution is -2.48. The van der Waals surface area contributed by atoms with Gasteiger partial charge in [-0.2, -0.15) is 13.8 Å². The molecule has 2 aromatic carbocycles. The predicted molar refractivity (Wildman–Crippen MR) is 126 cm³/mol. The van der Waals surface area contributed by atoms with Gasteiger partial charge < -0.3 is 15.0 Å². The number of carbonyl (C=O) groups is 1. The lowest BCUT2D eigenvalue weighted by Gasteiger charge is -2.34. The van der Waals surface area contributed by atoms with Crippen LogP contribution in [0.2, 0.25) is 0 Å². The van der Waals surface area contributed by atoms with Crippen LogP contribution in [-0.2, 0) is 6.54 Å². The van der Waals surface area contributed by atoms with Crippen LogP contribution in [0.3, 0.4) is 0 Å². The molecule has 1 aromatic heterocycles. The number of nitrogens with one attached hydrogen (secondary N) is 1. The SMILES string of the molecule is COc1ccc(CNC(=O)N2C3C=C(c4ccc(-c5cc(F)nc(F)c5)c(F)c4)CC2CC3)cc1. The Morgan fingerprint density at radius 1 is 1.03 bits per heavy atom. The lowest BCUT2D eigenvalue weighted by molar-refractivity contribution is 0.179. The summed E-state index contributed by atoms with van der Waals surface area (Å²) in [5.74, 6) is -1.81. The maximum atomic E-state index is 14.9. The van der Waals surface area contributed by atoms with Crippen molar-refractivity contribution in [2.45, 2.75) is 37.9 Å². The van der Waals surface area contributed by atoms with E-state index in [4.69, 9.17) is 4.74 Å². The van der Waals surface area contributed by atoms with Gasteiger partial charge in [-0.1, -0.05) is 30.3 Å². The summed E-state index contributed by atoms with van der Waals surface area (Å²) < 4.78 is 47.0. The van der Waals surface area contributed by atoms with Gasteiger partial charge in [-0.05, 0) is 59.7 Å². The zero-order valence-electron chi connectivity index (χ0n) is 19.1. The number of ether oxygens (including phenoxy) is 1. The van der Waals surface area contributed by atoms with E-state index in [1.165, 1.54) is 12.1 Å². The molecule has 0 spiro atoms. The van der Waals surface area contributed by atoms with Crippen molar-refractivity contribution in [1.29, 1.82) is 0 Å². The van der Waals surface area contributed by atoms with Crippen molar-refractivity contribution >= 4 is 11.6 Å². The summed E-state index contributed by atoms with van der Waals surface area (Å²) >= 11 is 0. The second-order valence-corrected chi connectivity index (χ2v) is 8.80. The van der Waals surface area contributed by atoms with E-state index in [2.05, 4.69) is 10.3 Å². The molecule has 2 unspecified atom stereocenters. The first-order valence-corrected chi connectivity index (χ1v) is 11.4. The summed E-state index contributed by atoms with van der Waals surface area (Å²) in [4.78, 5) is 17.9. The van der Waals surface area contributed by atoms with E-state index in [0.29, 0.717) is 18.5 Å². The summed E-state index contributed by atoms with van der Waals surface area (Å²) in [6, 6.07) is 14.0. The van der Waals surface area contributed by atoms with E-state index in [1.807, 2.05) is 35.2 Å². The van der Waals surface area contributed by atoms with Crippen molar-refractivity contribution in [1.82, 2.24) is 15.2 Å². The highest BCUT2D eigenvalue weighted by Gasteiger charge is 2.39. The fourth-order valence-electron chi connectivity index (χ4n) is 4.94. The van der Waals surface area contributed by atoms with Crippen LogP contribution in [0.4, 0.5) is 18.0 Å². The monoisotopic (exact) mass is 479 g/mol. The predicted octanol–water partition coefficient (Wildman–Crippen LogP) is 5.70. The molecule has 2 aliphatic rings. The zero-order chi connectivity index (χ0) is 24.5. The number of pyridine rings is 1. The average Bonchev–Trinajstić information content (AvgIpc) is 3.11. The van der Waals surface area contributed by atoms with Gasteiger partial charge in [0.1, 0.15) is 11.6 Å². The Labute approximate surface area is 201 Å². The maximum Gasteiger partial charge on any atom is 0.318 e. The molecule has 3 aromatic rings. The molecule has 0 radical (unpaired) electrons. The molecule has 2 amide bonds. The van der Waals surface area contributed by atoms with Crippen LogP contribution in [0.15, 0.2) is 60.7 Å². The van der Waals surface area contributed by atoms with Gasteiger partial charge in [-0.3, -0.25) is 0 Å². The van der Waals surface area contributed by atoms with E-state index in [0.717, 1.165) is 41.9 Å². The summed E-state index contributed by atoms with van der Waals surface area (Å²) in [6.45, 7) is 0.415. The number of hydrogen-bond donors (Lipinski definition) is 1. The molecule has 3 heterocycles. The van der Waals surface area contributed by atoms with Crippen molar-refractivity contribution < 1.29 is 22.7 Å². The molecule has 35 heavy (non-hydrogen) atoms. The Hall–Kier alpha value is -3.81. The van der Waals surface area contributed by atoms with Gasteiger partial charge in [0.15, 0.2) is 0 Å². The molecule has 5 rings (SSSR count). The van der Waals surface area contributed by atoms with Crippen molar-refractivity contribution in [3.8, 4) is 16.9 Å². The van der Waals surface area contributed by atoms with Gasteiger partial charge in [0, 0.05) is 30.3 Å². The first-order chi connectivity index (χ1) is 16.9. The third-order valence-corrected chi connectivity index (χ3v) is 6.65. The van der Waals surface area contributed by atoms with Gasteiger partial charge >= 0.3 is 6.03 Å². The molecule has 1 N–H and O–H groups in total. The molecule has 2 atom stereocenters. The fourth-order valence-corrected chi connectivity index (χ4v) is 4.94. The molecule has 0 aliphatic carbocycles. The Bertz CT molecular complexity index is 1270. The number of halogens is 3. The lowest BCUT2D eigenvalue weighted by atomic mass is 9.93. The molecular formula is C27H24F3N3O2. The van der Waals surface area contributed by atoms with Gasteiger partial charge in [0.2, 0.25) is 11.9 Å². The van der Waals surface area contributed by atoms with E-state index in [1.54, 1.807) is 13.2 Å². The van der Waals surface area contributed by atoms with Gasteiger partial charge in [0.25, 0.3) is 0 Å². The Morgan fingerprint density at radius 2 is 1.77 bits per heavy atom. The third kappa shape index (κ3) is 4.73. The van der Waals surface area contributed by atoms with E-state index < -0.39 is 17.7 Å². The Morgan fingerprint density at radius 3 is 2.43 bits per heavy atom. The van der Waals surface area contributed by atoms with Crippen LogP contribution in [0.5, 0.6) is 5.75 Å². The van der Waals surface area contributed by atoms with Crippen molar-refractivity contribution in [2.24, 2.45) is 0 Å². The average molecular weight is 480 g/mol. The third-order valence-electron chi connectivity index (χ3n) is 6.65. The number of rotatable bonds is 5. The van der Waals surface area contributed by atoms with Crippen LogP contribution >= 0.6 is 0 Å². The number of nitrogens with zero attached hydrogens (tertiary/aromatic N) is 2. The normalized spacial score (nSPS) is 18.9. The van der Waals surface area contributed by atoms with E-state index >= 15 is 0 Å². The van der Waals surface area contributed by atoms with Gasteiger partial charge in [-0.25, -0.2) is 9.18 Å². The first kappa shape index (κ1) is 23.0. The molecule has 180 valence electrons. The number of carbonyl (C=O) groups excluding carboxylic acids is 1. The highest BCUT2D eigenvalue weighted by Crippen LogP contribution is 2.39. The van der Waals surface area contributed by atoms with Crippen molar-refractivity contribution in [3.63, 3.8) is 0 Å². The quantitative estimate of drug-likeness (QED) is 0.478. The van der Waals surface area contributed by atoms with E-state index in [-0.39, 0.29) is 29.2 Å². The Kier molecular flexibility index (Phi) is 6.19. The number of aromatic nitrogens is 1. The largest absolute Gasteiger partial charge is 0.497 e. The highest BCUT2D eigenvalue weighted by molar-refractivity contribution is 5.79. The molecule has 0 saturated carbocycles. The molecule has 2 bridgehead atoms. The van der Waals surface area contributed by atoms with Gasteiger partial charge in [-0.15, -0.1) is 0 Å². The topological polar surface area (TPSA) is 54.5 Å². The maximum absolute atomic E-state index is 14.9. The smallest absolute Gasteiger partial charge is 0.318 e. The van der Waals surface area contributed by atoms with Crippen LogP contribution in [0.1, 0.15) is 30.4 Å². The number of benzene rings is 2. The molecule has 2 aliphatic heterocycles. The van der Waals surface area contributed by atoms with Crippen LogP contribution in [-0.4, -0.2) is 35.1 Å². The second kappa shape index (κ2) is 9.44. The highest BCUT2D eigenvalue weighted by atomic mass is 19.1. The minimum atomic E-state index is -1.000.